The van der Waals surface area contributed by atoms with Gasteiger partial charge in [0.25, 0.3) is 0 Å². The van der Waals surface area contributed by atoms with E-state index in [-0.39, 0.29) is 6.10 Å². The zero-order chi connectivity index (χ0) is 19.8. The molecule has 0 aliphatic heterocycles. The molecule has 148 valence electrons. The number of hydrogen-bond acceptors (Lipinski definition) is 4. The summed E-state index contributed by atoms with van der Waals surface area (Å²) in [6, 6.07) is 21.1. The first-order chi connectivity index (χ1) is 13.7. The Balaban J connectivity index is 1.73. The van der Waals surface area contributed by atoms with Crippen molar-refractivity contribution in [2.75, 3.05) is 23.9 Å². The maximum absolute atomic E-state index is 6.07. The van der Waals surface area contributed by atoms with Crippen LogP contribution in [0.25, 0.3) is 10.8 Å². The highest BCUT2D eigenvalue weighted by molar-refractivity contribution is 5.83. The van der Waals surface area contributed by atoms with Gasteiger partial charge in [-0.25, -0.2) is 0 Å². The standard InChI is InChI=1S/C24H31N3O/c1-3-15-26-23-12-11-22(17-18(23)4-2)27-28-24(13-14-25)21-10-9-19-7-5-6-8-20(19)16-21/h5-12,16-17,24,26-27H,3-4,13-15,25H2,1-2H3. The number of hydrogen-bond donors (Lipinski definition) is 3. The normalized spacial score (nSPS) is 12.1. The summed E-state index contributed by atoms with van der Waals surface area (Å²) < 4.78 is 0. The summed E-state index contributed by atoms with van der Waals surface area (Å²) in [5.74, 6) is 0. The van der Waals surface area contributed by atoms with Gasteiger partial charge in [-0.3, -0.25) is 10.3 Å². The van der Waals surface area contributed by atoms with Crippen molar-refractivity contribution >= 4 is 22.1 Å². The zero-order valence-corrected chi connectivity index (χ0v) is 16.9. The molecule has 0 bridgehead atoms. The smallest absolute Gasteiger partial charge is 0.112 e. The molecule has 1 atom stereocenters. The molecule has 0 saturated heterocycles. The lowest BCUT2D eigenvalue weighted by Crippen LogP contribution is -2.14. The van der Waals surface area contributed by atoms with Gasteiger partial charge in [0.1, 0.15) is 6.10 Å². The molecular formula is C24H31N3O. The van der Waals surface area contributed by atoms with E-state index in [0.29, 0.717) is 6.54 Å². The topological polar surface area (TPSA) is 59.3 Å². The fourth-order valence-corrected chi connectivity index (χ4v) is 3.37. The molecule has 0 fully saturated rings. The Bertz CT molecular complexity index is 894. The Morgan fingerprint density at radius 2 is 1.79 bits per heavy atom. The van der Waals surface area contributed by atoms with E-state index in [0.717, 1.165) is 37.1 Å². The van der Waals surface area contributed by atoms with Crippen LogP contribution in [0.5, 0.6) is 0 Å². The predicted octanol–water partition coefficient (Wildman–Crippen LogP) is 5.66. The van der Waals surface area contributed by atoms with Gasteiger partial charge in [-0.1, -0.05) is 50.2 Å². The maximum atomic E-state index is 6.07. The molecule has 0 aliphatic rings. The van der Waals surface area contributed by atoms with E-state index in [9.17, 15) is 0 Å². The van der Waals surface area contributed by atoms with Crippen molar-refractivity contribution in [2.45, 2.75) is 39.2 Å². The minimum Gasteiger partial charge on any atom is -0.385 e. The molecular weight excluding hydrogens is 346 g/mol. The molecule has 1 unspecified atom stereocenters. The number of fused-ring (bicyclic) bond motifs is 1. The zero-order valence-electron chi connectivity index (χ0n) is 16.9. The van der Waals surface area contributed by atoms with Crippen molar-refractivity contribution in [3.63, 3.8) is 0 Å². The van der Waals surface area contributed by atoms with Gasteiger partial charge in [0.05, 0.1) is 5.69 Å². The van der Waals surface area contributed by atoms with Crippen molar-refractivity contribution in [2.24, 2.45) is 5.73 Å². The minimum absolute atomic E-state index is 0.0995. The third kappa shape index (κ3) is 5.03. The molecule has 28 heavy (non-hydrogen) atoms. The van der Waals surface area contributed by atoms with E-state index in [1.165, 1.54) is 22.0 Å². The molecule has 3 aromatic carbocycles. The Morgan fingerprint density at radius 1 is 0.964 bits per heavy atom. The van der Waals surface area contributed by atoms with Gasteiger partial charge in [0, 0.05) is 12.2 Å². The lowest BCUT2D eigenvalue weighted by molar-refractivity contribution is 0.0949. The van der Waals surface area contributed by atoms with Gasteiger partial charge in [-0.15, -0.1) is 0 Å². The quantitative estimate of drug-likeness (QED) is 0.399. The van der Waals surface area contributed by atoms with Crippen LogP contribution < -0.4 is 16.5 Å². The summed E-state index contributed by atoms with van der Waals surface area (Å²) in [5, 5.41) is 5.93. The van der Waals surface area contributed by atoms with Crippen LogP contribution in [0.2, 0.25) is 0 Å². The highest BCUT2D eigenvalue weighted by Crippen LogP contribution is 2.27. The highest BCUT2D eigenvalue weighted by Gasteiger charge is 2.13. The first kappa shape index (κ1) is 20.2. The van der Waals surface area contributed by atoms with E-state index in [4.69, 9.17) is 10.6 Å². The molecule has 4 N–H and O–H groups in total. The molecule has 0 aromatic heterocycles. The summed E-state index contributed by atoms with van der Waals surface area (Å²) in [4.78, 5) is 6.07. The molecule has 4 heteroatoms. The largest absolute Gasteiger partial charge is 0.385 e. The SMILES string of the molecule is CCCNc1ccc(NOC(CCN)c2ccc3ccccc3c2)cc1CC. The molecule has 3 rings (SSSR count). The number of nitrogens with two attached hydrogens (primary N) is 1. The second kappa shape index (κ2) is 10.1. The van der Waals surface area contributed by atoms with Crippen LogP contribution in [-0.4, -0.2) is 13.1 Å². The van der Waals surface area contributed by atoms with Gasteiger partial charge in [0.15, 0.2) is 0 Å². The van der Waals surface area contributed by atoms with Gasteiger partial charge >= 0.3 is 0 Å². The van der Waals surface area contributed by atoms with Gasteiger partial charge in [-0.2, -0.15) is 0 Å². The van der Waals surface area contributed by atoms with Gasteiger partial charge in [-0.05, 0) is 72.0 Å². The molecule has 0 heterocycles. The molecule has 4 nitrogen and oxygen atoms in total. The molecule has 0 radical (unpaired) electrons. The van der Waals surface area contributed by atoms with Crippen LogP contribution in [0.3, 0.4) is 0 Å². The number of benzene rings is 3. The van der Waals surface area contributed by atoms with Crippen molar-refractivity contribution in [3.8, 4) is 0 Å². The third-order valence-corrected chi connectivity index (χ3v) is 4.94. The summed E-state index contributed by atoms with van der Waals surface area (Å²) >= 11 is 0. The van der Waals surface area contributed by atoms with E-state index in [1.807, 2.05) is 0 Å². The average Bonchev–Trinajstić information content (AvgIpc) is 2.75. The Hall–Kier alpha value is -2.56. The van der Waals surface area contributed by atoms with Gasteiger partial charge in [0.2, 0.25) is 0 Å². The summed E-state index contributed by atoms with van der Waals surface area (Å²) in [5.41, 5.74) is 13.6. The summed E-state index contributed by atoms with van der Waals surface area (Å²) in [6.45, 7) is 5.90. The lowest BCUT2D eigenvalue weighted by atomic mass is 10.0. The predicted molar refractivity (Wildman–Crippen MR) is 120 cm³/mol. The van der Waals surface area contributed by atoms with E-state index in [2.05, 4.69) is 85.3 Å². The molecule has 0 saturated carbocycles. The van der Waals surface area contributed by atoms with Crippen LogP contribution in [0.1, 0.15) is 43.9 Å². The molecule has 0 aliphatic carbocycles. The van der Waals surface area contributed by atoms with Crippen molar-refractivity contribution in [1.82, 2.24) is 0 Å². The number of nitrogens with one attached hydrogen (secondary N) is 2. The fourth-order valence-electron chi connectivity index (χ4n) is 3.37. The van der Waals surface area contributed by atoms with E-state index in [1.54, 1.807) is 0 Å². The van der Waals surface area contributed by atoms with Crippen LogP contribution in [0.15, 0.2) is 60.7 Å². The number of aryl methyl sites for hydroxylation is 1. The maximum Gasteiger partial charge on any atom is 0.112 e. The fraction of sp³-hybridized carbons (Fsp3) is 0.333. The second-order valence-corrected chi connectivity index (χ2v) is 7.04. The van der Waals surface area contributed by atoms with Crippen molar-refractivity contribution in [1.29, 1.82) is 0 Å². The minimum atomic E-state index is -0.0995. The lowest BCUT2D eigenvalue weighted by Gasteiger charge is -2.20. The van der Waals surface area contributed by atoms with Crippen LogP contribution in [0.4, 0.5) is 11.4 Å². The molecule has 0 spiro atoms. The summed E-state index contributed by atoms with van der Waals surface area (Å²) in [6.07, 6.45) is 2.73. The van der Waals surface area contributed by atoms with Gasteiger partial charge < -0.3 is 11.1 Å². The van der Waals surface area contributed by atoms with Crippen molar-refractivity contribution < 1.29 is 4.84 Å². The Morgan fingerprint density at radius 3 is 2.54 bits per heavy atom. The molecule has 0 amide bonds. The third-order valence-electron chi connectivity index (χ3n) is 4.94. The number of anilines is 2. The summed E-state index contributed by atoms with van der Waals surface area (Å²) in [7, 11) is 0. The first-order valence-corrected chi connectivity index (χ1v) is 10.2. The van der Waals surface area contributed by atoms with Crippen LogP contribution >= 0.6 is 0 Å². The van der Waals surface area contributed by atoms with Crippen LogP contribution in [-0.2, 0) is 11.3 Å². The van der Waals surface area contributed by atoms with Crippen LogP contribution in [0, 0.1) is 0 Å². The Labute approximate surface area is 168 Å². The monoisotopic (exact) mass is 377 g/mol. The number of rotatable bonds is 10. The second-order valence-electron chi connectivity index (χ2n) is 7.04. The van der Waals surface area contributed by atoms with Crippen molar-refractivity contribution in [3.05, 3.63) is 71.8 Å². The Kier molecular flexibility index (Phi) is 7.29. The van der Waals surface area contributed by atoms with E-state index < -0.39 is 0 Å². The molecule has 3 aromatic rings. The first-order valence-electron chi connectivity index (χ1n) is 10.2. The van der Waals surface area contributed by atoms with E-state index >= 15 is 0 Å². The average molecular weight is 378 g/mol. The highest BCUT2D eigenvalue weighted by atomic mass is 16.7.